The van der Waals surface area contributed by atoms with Crippen LogP contribution in [-0.4, -0.2) is 51.9 Å². The zero-order valence-corrected chi connectivity index (χ0v) is 15.4. The van der Waals surface area contributed by atoms with E-state index in [4.69, 9.17) is 4.98 Å². The molecule has 0 radical (unpaired) electrons. The molecule has 0 unspecified atom stereocenters. The lowest BCUT2D eigenvalue weighted by Gasteiger charge is -2.46. The Kier molecular flexibility index (Phi) is 3.75. The summed E-state index contributed by atoms with van der Waals surface area (Å²) in [4.78, 5) is 9.97. The Balaban J connectivity index is 1.33. The summed E-state index contributed by atoms with van der Waals surface area (Å²) in [5.74, 6) is 0. The van der Waals surface area contributed by atoms with Crippen molar-refractivity contribution in [3.63, 3.8) is 0 Å². The number of rotatable bonds is 3. The van der Waals surface area contributed by atoms with Gasteiger partial charge in [0.15, 0.2) is 5.13 Å². The first-order valence-electron chi connectivity index (χ1n) is 9.15. The van der Waals surface area contributed by atoms with E-state index in [1.165, 1.54) is 47.7 Å². The van der Waals surface area contributed by atoms with E-state index in [9.17, 15) is 0 Å². The predicted octanol–water partition coefficient (Wildman–Crippen LogP) is 3.37. The van der Waals surface area contributed by atoms with Gasteiger partial charge in [0.25, 0.3) is 0 Å². The summed E-state index contributed by atoms with van der Waals surface area (Å²) in [7, 11) is 1.95. The minimum absolute atomic E-state index is 0.735. The van der Waals surface area contributed by atoms with Crippen molar-refractivity contribution in [2.24, 2.45) is 7.05 Å². The maximum absolute atomic E-state index is 4.86. The third-order valence-electron chi connectivity index (χ3n) is 5.46. The molecule has 1 aromatic carbocycles. The second-order valence-electron chi connectivity index (χ2n) is 7.24. The number of benzene rings is 1. The number of hydrogen-bond donors (Lipinski definition) is 0. The van der Waals surface area contributed by atoms with Gasteiger partial charge < -0.3 is 4.90 Å². The topological polar surface area (TPSA) is 37.2 Å². The van der Waals surface area contributed by atoms with E-state index in [2.05, 4.69) is 39.3 Å². The van der Waals surface area contributed by atoms with E-state index in [0.717, 1.165) is 30.2 Å². The molecule has 0 saturated carbocycles. The number of aryl methyl sites for hydroxylation is 1. The van der Waals surface area contributed by atoms with Crippen molar-refractivity contribution in [2.45, 2.75) is 25.3 Å². The lowest BCUT2D eigenvalue weighted by atomic mass is 10.0. The summed E-state index contributed by atoms with van der Waals surface area (Å²) in [6.07, 6.45) is 8.12. The number of fused-ring (bicyclic) bond motifs is 1. The molecule has 0 spiro atoms. The Hall–Kier alpha value is -1.92. The normalized spacial score (nSPS) is 19.5. The van der Waals surface area contributed by atoms with Gasteiger partial charge in [0.1, 0.15) is 0 Å². The van der Waals surface area contributed by atoms with Crippen LogP contribution in [0.2, 0.25) is 0 Å². The molecule has 4 heterocycles. The molecule has 0 amide bonds. The highest BCUT2D eigenvalue weighted by atomic mass is 32.1. The zero-order chi connectivity index (χ0) is 16.8. The molecule has 0 N–H and O–H groups in total. The molecule has 5 rings (SSSR count). The van der Waals surface area contributed by atoms with Gasteiger partial charge in [-0.2, -0.15) is 5.10 Å². The molecule has 0 atom stereocenters. The van der Waals surface area contributed by atoms with Gasteiger partial charge >= 0.3 is 0 Å². The number of anilines is 1. The summed E-state index contributed by atoms with van der Waals surface area (Å²) in [5, 5.41) is 5.45. The quantitative estimate of drug-likeness (QED) is 0.723. The number of nitrogens with zero attached hydrogens (tertiary/aromatic N) is 5. The summed E-state index contributed by atoms with van der Waals surface area (Å²) in [6, 6.07) is 7.27. The fraction of sp³-hybridized carbons (Fsp3) is 0.474. The fourth-order valence-corrected chi connectivity index (χ4v) is 4.95. The van der Waals surface area contributed by atoms with Crippen LogP contribution in [-0.2, 0) is 7.05 Å². The number of aromatic nitrogens is 3. The van der Waals surface area contributed by atoms with E-state index in [1.807, 2.05) is 29.3 Å². The van der Waals surface area contributed by atoms with Gasteiger partial charge in [-0.1, -0.05) is 23.8 Å². The Morgan fingerprint density at radius 2 is 1.92 bits per heavy atom. The molecular weight excluding hydrogens is 330 g/mol. The minimum Gasteiger partial charge on any atom is -0.345 e. The third kappa shape index (κ3) is 2.83. The van der Waals surface area contributed by atoms with Gasteiger partial charge in [-0.25, -0.2) is 4.98 Å². The summed E-state index contributed by atoms with van der Waals surface area (Å²) in [5.41, 5.74) is 3.48. The molecule has 5 nitrogen and oxygen atoms in total. The first-order chi connectivity index (χ1) is 12.3. The highest BCUT2D eigenvalue weighted by Crippen LogP contribution is 2.35. The molecule has 3 aromatic rings. The third-order valence-corrected chi connectivity index (χ3v) is 6.53. The first-order valence-corrected chi connectivity index (χ1v) is 9.96. The lowest BCUT2D eigenvalue weighted by molar-refractivity contribution is 0.139. The van der Waals surface area contributed by atoms with Crippen molar-refractivity contribution in [1.82, 2.24) is 19.7 Å². The summed E-state index contributed by atoms with van der Waals surface area (Å²) < 4.78 is 3.11. The molecule has 2 aromatic heterocycles. The Labute approximate surface area is 151 Å². The highest BCUT2D eigenvalue weighted by Gasteiger charge is 2.33. The van der Waals surface area contributed by atoms with Crippen LogP contribution >= 0.6 is 11.3 Å². The van der Waals surface area contributed by atoms with Crippen LogP contribution in [0.15, 0.2) is 30.6 Å². The van der Waals surface area contributed by atoms with E-state index < -0.39 is 0 Å². The maximum atomic E-state index is 4.86. The molecular formula is C19H23N5S. The number of hydrogen-bond acceptors (Lipinski definition) is 5. The van der Waals surface area contributed by atoms with Crippen molar-refractivity contribution in [3.05, 3.63) is 30.6 Å². The maximum Gasteiger partial charge on any atom is 0.186 e. The van der Waals surface area contributed by atoms with Crippen molar-refractivity contribution in [2.75, 3.05) is 31.1 Å². The highest BCUT2D eigenvalue weighted by molar-refractivity contribution is 7.22. The van der Waals surface area contributed by atoms with Crippen molar-refractivity contribution >= 4 is 26.7 Å². The van der Waals surface area contributed by atoms with Crippen molar-refractivity contribution in [1.29, 1.82) is 0 Å². The number of likely N-dealkylation sites (tertiary alicyclic amines) is 1. The predicted molar refractivity (Wildman–Crippen MR) is 103 cm³/mol. The summed E-state index contributed by atoms with van der Waals surface area (Å²) in [6.45, 7) is 4.84. The molecule has 2 saturated heterocycles. The molecule has 2 aliphatic rings. The average molecular weight is 353 g/mol. The van der Waals surface area contributed by atoms with E-state index in [-0.39, 0.29) is 0 Å². The van der Waals surface area contributed by atoms with Gasteiger partial charge in [0, 0.05) is 37.9 Å². The van der Waals surface area contributed by atoms with Gasteiger partial charge in [-0.3, -0.25) is 9.58 Å². The van der Waals surface area contributed by atoms with Crippen LogP contribution in [0.25, 0.3) is 21.3 Å². The molecule has 25 heavy (non-hydrogen) atoms. The van der Waals surface area contributed by atoms with E-state index in [1.54, 1.807) is 0 Å². The van der Waals surface area contributed by atoms with Gasteiger partial charge in [0.2, 0.25) is 0 Å². The van der Waals surface area contributed by atoms with Gasteiger partial charge in [-0.15, -0.1) is 0 Å². The molecule has 130 valence electrons. The van der Waals surface area contributed by atoms with Crippen LogP contribution in [0.1, 0.15) is 19.3 Å². The average Bonchev–Trinajstić information content (AvgIpc) is 3.20. The second-order valence-corrected chi connectivity index (χ2v) is 8.25. The largest absolute Gasteiger partial charge is 0.345 e. The summed E-state index contributed by atoms with van der Waals surface area (Å²) >= 11 is 1.81. The SMILES string of the molecule is Cn1cc(-c2ccc3nc(N4CC(N5CCCCC5)C4)sc3c2)cn1. The molecule has 2 fully saturated rings. The molecule has 6 heteroatoms. The smallest absolute Gasteiger partial charge is 0.186 e. The Morgan fingerprint density at radius 1 is 1.08 bits per heavy atom. The fourth-order valence-electron chi connectivity index (χ4n) is 3.92. The van der Waals surface area contributed by atoms with Gasteiger partial charge in [0.05, 0.1) is 16.4 Å². The number of piperidine rings is 1. The molecule has 0 aliphatic carbocycles. The van der Waals surface area contributed by atoms with Crippen LogP contribution in [0.3, 0.4) is 0 Å². The molecule has 0 bridgehead atoms. The first kappa shape index (κ1) is 15.3. The van der Waals surface area contributed by atoms with Crippen molar-refractivity contribution in [3.8, 4) is 11.1 Å². The van der Waals surface area contributed by atoms with Crippen LogP contribution in [0, 0.1) is 0 Å². The standard InChI is InChI=1S/C19H23N5S/c1-22-11-15(10-20-22)14-5-6-17-18(9-14)25-19(21-17)24-12-16(13-24)23-7-3-2-4-8-23/h5-6,9-11,16H,2-4,7-8,12-13H2,1H3. The van der Waals surface area contributed by atoms with Gasteiger partial charge in [-0.05, 0) is 43.6 Å². The van der Waals surface area contributed by atoms with E-state index in [0.29, 0.717) is 0 Å². The van der Waals surface area contributed by atoms with Crippen LogP contribution in [0.5, 0.6) is 0 Å². The van der Waals surface area contributed by atoms with E-state index >= 15 is 0 Å². The Bertz CT molecular complexity index is 886. The number of thiazole rings is 1. The monoisotopic (exact) mass is 353 g/mol. The minimum atomic E-state index is 0.735. The van der Waals surface area contributed by atoms with Crippen LogP contribution in [0.4, 0.5) is 5.13 Å². The van der Waals surface area contributed by atoms with Crippen LogP contribution < -0.4 is 4.90 Å². The lowest BCUT2D eigenvalue weighted by Crippen LogP contribution is -2.60. The second kappa shape index (κ2) is 6.11. The van der Waals surface area contributed by atoms with Crippen molar-refractivity contribution < 1.29 is 0 Å². The molecule has 2 aliphatic heterocycles. The zero-order valence-electron chi connectivity index (χ0n) is 14.6. The Morgan fingerprint density at radius 3 is 2.68 bits per heavy atom.